The number of nitrogens with zero attached hydrogens (tertiary/aromatic N) is 1. The van der Waals surface area contributed by atoms with E-state index in [0.717, 1.165) is 11.3 Å². The minimum atomic E-state index is -0.660. The zero-order valence-corrected chi connectivity index (χ0v) is 10.9. The minimum absolute atomic E-state index is 0.140. The van der Waals surface area contributed by atoms with Crippen LogP contribution in [0.4, 0.5) is 0 Å². The lowest BCUT2D eigenvalue weighted by Gasteiger charge is -2.34. The lowest BCUT2D eigenvalue weighted by Crippen LogP contribution is -2.40. The molecule has 0 heterocycles. The molecule has 2 aromatic carbocycles. The number of ketones is 1. The molecule has 0 bridgehead atoms. The van der Waals surface area contributed by atoms with Gasteiger partial charge in [-0.2, -0.15) is 5.26 Å². The van der Waals surface area contributed by atoms with Crippen LogP contribution in [0.5, 0.6) is 11.5 Å². The summed E-state index contributed by atoms with van der Waals surface area (Å²) in [6.07, 6.45) is 0.608. The zero-order chi connectivity index (χ0) is 14.0. The predicted molar refractivity (Wildman–Crippen MR) is 74.5 cm³/mol. The van der Waals surface area contributed by atoms with E-state index in [1.54, 1.807) is 0 Å². The van der Waals surface area contributed by atoms with E-state index in [9.17, 15) is 10.1 Å². The Morgan fingerprint density at radius 1 is 1.00 bits per heavy atom. The van der Waals surface area contributed by atoms with Crippen molar-refractivity contribution < 1.29 is 9.53 Å². The summed E-state index contributed by atoms with van der Waals surface area (Å²) in [5, 5.41) is 9.35. The maximum Gasteiger partial charge on any atom is 0.136 e. The molecule has 1 saturated carbocycles. The van der Waals surface area contributed by atoms with E-state index in [1.165, 1.54) is 0 Å². The molecule has 0 saturated heterocycles. The Kier molecular flexibility index (Phi) is 3.00. The second-order valence-electron chi connectivity index (χ2n) is 5.03. The first-order chi connectivity index (χ1) is 9.72. The van der Waals surface area contributed by atoms with Gasteiger partial charge in [-0.3, -0.25) is 4.79 Å². The molecule has 0 aliphatic heterocycles. The second kappa shape index (κ2) is 4.82. The molecular weight excluding hydrogens is 250 g/mol. The molecule has 3 rings (SSSR count). The molecule has 1 aliphatic carbocycles. The van der Waals surface area contributed by atoms with Gasteiger partial charge in [-0.1, -0.05) is 30.3 Å². The van der Waals surface area contributed by atoms with Crippen LogP contribution >= 0.6 is 0 Å². The van der Waals surface area contributed by atoms with E-state index in [0.29, 0.717) is 18.6 Å². The molecule has 3 heteroatoms. The lowest BCUT2D eigenvalue weighted by molar-refractivity contribution is -0.126. The average molecular weight is 263 g/mol. The fourth-order valence-electron chi connectivity index (χ4n) is 2.45. The van der Waals surface area contributed by atoms with Crippen LogP contribution in [0.2, 0.25) is 0 Å². The van der Waals surface area contributed by atoms with Gasteiger partial charge in [-0.15, -0.1) is 0 Å². The molecule has 2 aromatic rings. The maximum absolute atomic E-state index is 11.2. The van der Waals surface area contributed by atoms with Crippen LogP contribution in [0, 0.1) is 11.3 Å². The third-order valence-corrected chi connectivity index (χ3v) is 3.58. The first-order valence-electron chi connectivity index (χ1n) is 6.48. The molecule has 98 valence electrons. The van der Waals surface area contributed by atoms with E-state index >= 15 is 0 Å². The van der Waals surface area contributed by atoms with E-state index in [2.05, 4.69) is 6.07 Å². The molecule has 0 unspecified atom stereocenters. The molecule has 20 heavy (non-hydrogen) atoms. The molecule has 1 aliphatic rings. The number of Topliss-reactive ketones (excluding diaryl/α,β-unsaturated/α-hetero) is 1. The lowest BCUT2D eigenvalue weighted by atomic mass is 9.65. The second-order valence-corrected chi connectivity index (χ2v) is 5.03. The SMILES string of the molecule is N#CC1(c2cccc(Oc3ccccc3)c2)CC(=O)C1. The van der Waals surface area contributed by atoms with Gasteiger partial charge < -0.3 is 4.74 Å². The summed E-state index contributed by atoms with van der Waals surface area (Å²) < 4.78 is 5.76. The number of carbonyl (C=O) groups is 1. The highest BCUT2D eigenvalue weighted by Crippen LogP contribution is 2.41. The van der Waals surface area contributed by atoms with Crippen LogP contribution in [0.1, 0.15) is 18.4 Å². The molecule has 3 nitrogen and oxygen atoms in total. The third-order valence-electron chi connectivity index (χ3n) is 3.58. The number of para-hydroxylation sites is 1. The summed E-state index contributed by atoms with van der Waals surface area (Å²) in [7, 11) is 0. The first kappa shape index (κ1) is 12.4. The summed E-state index contributed by atoms with van der Waals surface area (Å²) in [4.78, 5) is 11.2. The number of ether oxygens (including phenoxy) is 1. The topological polar surface area (TPSA) is 50.1 Å². The number of carbonyl (C=O) groups excluding carboxylic acids is 1. The van der Waals surface area contributed by atoms with Gasteiger partial charge in [-0.05, 0) is 29.8 Å². The van der Waals surface area contributed by atoms with Crippen LogP contribution in [-0.2, 0) is 10.2 Å². The molecule has 0 spiro atoms. The van der Waals surface area contributed by atoms with Crippen LogP contribution in [0.3, 0.4) is 0 Å². The Morgan fingerprint density at radius 3 is 2.35 bits per heavy atom. The van der Waals surface area contributed by atoms with Crippen LogP contribution in [0.25, 0.3) is 0 Å². The number of rotatable bonds is 3. The highest BCUT2D eigenvalue weighted by atomic mass is 16.5. The average Bonchev–Trinajstić information content (AvgIpc) is 2.45. The molecule has 0 aromatic heterocycles. The fourth-order valence-corrected chi connectivity index (χ4v) is 2.45. The zero-order valence-electron chi connectivity index (χ0n) is 10.9. The van der Waals surface area contributed by atoms with Crippen molar-refractivity contribution in [3.63, 3.8) is 0 Å². The standard InChI is InChI=1S/C17H13NO2/c18-12-17(10-14(19)11-17)13-5-4-8-16(9-13)20-15-6-2-1-3-7-15/h1-9H,10-11H2. The minimum Gasteiger partial charge on any atom is -0.457 e. The number of hydrogen-bond acceptors (Lipinski definition) is 3. The Labute approximate surface area is 117 Å². The summed E-state index contributed by atoms with van der Waals surface area (Å²) in [5.74, 6) is 1.57. The summed E-state index contributed by atoms with van der Waals surface area (Å²) in [5.41, 5.74) is 0.195. The Bertz CT molecular complexity index is 678. The van der Waals surface area contributed by atoms with Gasteiger partial charge in [0.2, 0.25) is 0 Å². The van der Waals surface area contributed by atoms with Gasteiger partial charge in [0.1, 0.15) is 17.3 Å². The Balaban J connectivity index is 1.87. The van der Waals surface area contributed by atoms with Crippen LogP contribution in [-0.4, -0.2) is 5.78 Å². The smallest absolute Gasteiger partial charge is 0.136 e. The summed E-state index contributed by atoms with van der Waals surface area (Å²) >= 11 is 0. The molecular formula is C17H13NO2. The van der Waals surface area contributed by atoms with Crippen LogP contribution in [0.15, 0.2) is 54.6 Å². The third kappa shape index (κ3) is 2.17. The normalized spacial score (nSPS) is 16.1. The van der Waals surface area contributed by atoms with Crippen molar-refractivity contribution in [3.8, 4) is 17.6 Å². The van der Waals surface area contributed by atoms with Crippen molar-refractivity contribution in [2.24, 2.45) is 0 Å². The van der Waals surface area contributed by atoms with Gasteiger partial charge in [0, 0.05) is 12.8 Å². The van der Waals surface area contributed by atoms with Gasteiger partial charge >= 0.3 is 0 Å². The Morgan fingerprint density at radius 2 is 1.70 bits per heavy atom. The van der Waals surface area contributed by atoms with Crippen molar-refractivity contribution in [1.82, 2.24) is 0 Å². The van der Waals surface area contributed by atoms with Gasteiger partial charge in [-0.25, -0.2) is 0 Å². The number of benzene rings is 2. The largest absolute Gasteiger partial charge is 0.457 e. The van der Waals surface area contributed by atoms with Crippen molar-refractivity contribution in [2.45, 2.75) is 18.3 Å². The van der Waals surface area contributed by atoms with Gasteiger partial charge in [0.05, 0.1) is 11.5 Å². The highest BCUT2D eigenvalue weighted by Gasteiger charge is 2.45. The van der Waals surface area contributed by atoms with Crippen molar-refractivity contribution >= 4 is 5.78 Å². The quantitative estimate of drug-likeness (QED) is 0.850. The summed E-state index contributed by atoms with van der Waals surface area (Å²) in [6, 6.07) is 19.2. The van der Waals surface area contributed by atoms with Gasteiger partial charge in [0.15, 0.2) is 0 Å². The van der Waals surface area contributed by atoms with Crippen molar-refractivity contribution in [1.29, 1.82) is 5.26 Å². The monoisotopic (exact) mass is 263 g/mol. The molecule has 0 amide bonds. The molecule has 0 atom stereocenters. The molecule has 0 radical (unpaired) electrons. The van der Waals surface area contributed by atoms with E-state index in [4.69, 9.17) is 4.74 Å². The highest BCUT2D eigenvalue weighted by molar-refractivity contribution is 5.90. The number of nitriles is 1. The summed E-state index contributed by atoms with van der Waals surface area (Å²) in [6.45, 7) is 0. The maximum atomic E-state index is 11.2. The Hall–Kier alpha value is -2.60. The predicted octanol–water partition coefficient (Wildman–Crippen LogP) is 3.60. The van der Waals surface area contributed by atoms with Gasteiger partial charge in [0.25, 0.3) is 0 Å². The number of hydrogen-bond donors (Lipinski definition) is 0. The molecule has 1 fully saturated rings. The molecule has 0 N–H and O–H groups in total. The van der Waals surface area contributed by atoms with E-state index < -0.39 is 5.41 Å². The first-order valence-corrected chi connectivity index (χ1v) is 6.48. The van der Waals surface area contributed by atoms with Crippen molar-refractivity contribution in [2.75, 3.05) is 0 Å². The van der Waals surface area contributed by atoms with E-state index in [-0.39, 0.29) is 5.78 Å². The van der Waals surface area contributed by atoms with E-state index in [1.807, 2.05) is 54.6 Å². The van der Waals surface area contributed by atoms with Crippen LogP contribution < -0.4 is 4.74 Å². The van der Waals surface area contributed by atoms with Crippen molar-refractivity contribution in [3.05, 3.63) is 60.2 Å². The fraction of sp³-hybridized carbons (Fsp3) is 0.176.